The van der Waals surface area contributed by atoms with Crippen LogP contribution in [-0.2, 0) is 20.9 Å². The van der Waals surface area contributed by atoms with Crippen LogP contribution in [0.2, 0.25) is 0 Å². The van der Waals surface area contributed by atoms with Crippen LogP contribution < -0.4 is 4.74 Å². The van der Waals surface area contributed by atoms with Crippen molar-refractivity contribution in [2.75, 3.05) is 0 Å². The predicted molar refractivity (Wildman–Crippen MR) is 171 cm³/mol. The summed E-state index contributed by atoms with van der Waals surface area (Å²) >= 11 is 0. The fourth-order valence-electron chi connectivity index (χ4n) is 7.72. The first kappa shape index (κ1) is 28.7. The molecule has 6 heteroatoms. The lowest BCUT2D eigenvalue weighted by Crippen LogP contribution is -2.37. The maximum Gasteiger partial charge on any atom is 0.318 e. The molecule has 2 heterocycles. The molecule has 3 aromatic rings. The van der Waals surface area contributed by atoms with Crippen molar-refractivity contribution >= 4 is 29.0 Å². The van der Waals surface area contributed by atoms with E-state index in [2.05, 4.69) is 41.1 Å². The molecule has 2 saturated carbocycles. The predicted octanol–water partition coefficient (Wildman–Crippen LogP) is 8.53. The fourth-order valence-corrected chi connectivity index (χ4v) is 7.72. The van der Waals surface area contributed by atoms with Gasteiger partial charge in [0.05, 0.1) is 10.9 Å². The van der Waals surface area contributed by atoms with Gasteiger partial charge in [-0.2, -0.15) is 0 Å². The Balaban J connectivity index is 1.45. The molecular formula is C38H41NO5. The van der Waals surface area contributed by atoms with E-state index in [4.69, 9.17) is 9.47 Å². The Morgan fingerprint density at radius 1 is 1.05 bits per heavy atom. The number of carbonyl (C=O) groups excluding carboxylic acids is 1. The van der Waals surface area contributed by atoms with E-state index in [0.29, 0.717) is 18.9 Å². The average molecular weight is 592 g/mol. The summed E-state index contributed by atoms with van der Waals surface area (Å²) in [6, 6.07) is 16.6. The van der Waals surface area contributed by atoms with Gasteiger partial charge in [-0.3, -0.25) is 9.59 Å². The van der Waals surface area contributed by atoms with Gasteiger partial charge in [0.15, 0.2) is 0 Å². The molecule has 1 aliphatic heterocycles. The molecule has 3 atom stereocenters. The summed E-state index contributed by atoms with van der Waals surface area (Å²) in [7, 11) is 0. The zero-order valence-electron chi connectivity index (χ0n) is 26.1. The molecule has 7 rings (SSSR count). The number of rotatable bonds is 6. The highest BCUT2D eigenvalue weighted by Crippen LogP contribution is 2.60. The van der Waals surface area contributed by atoms with E-state index in [1.165, 1.54) is 24.8 Å². The SMILES string of the molecule is CC(C)(C)OC(=O)C1C2=Cn3c(cc4c(OCc5ccccc5)ccc(C5CCCCC5)c43)C3C(=C21)C=CC[C@]3(C)C(=O)O. The third-order valence-corrected chi connectivity index (χ3v) is 9.92. The quantitative estimate of drug-likeness (QED) is 0.291. The van der Waals surface area contributed by atoms with Crippen LogP contribution in [0.25, 0.3) is 17.1 Å². The molecule has 2 aromatic carbocycles. The second kappa shape index (κ2) is 10.5. The van der Waals surface area contributed by atoms with E-state index in [1.807, 2.05) is 58.0 Å². The molecule has 4 aliphatic rings. The average Bonchev–Trinajstić information content (AvgIpc) is 3.63. The summed E-state index contributed by atoms with van der Waals surface area (Å²) in [6.07, 6.45) is 12.4. The van der Waals surface area contributed by atoms with Crippen molar-refractivity contribution in [1.29, 1.82) is 0 Å². The Bertz CT molecular complexity index is 1740. The van der Waals surface area contributed by atoms with Crippen LogP contribution in [0.1, 0.15) is 94.9 Å². The highest BCUT2D eigenvalue weighted by atomic mass is 16.6. The van der Waals surface area contributed by atoms with Gasteiger partial charge in [-0.1, -0.05) is 67.8 Å². The minimum Gasteiger partial charge on any atom is -0.488 e. The highest BCUT2D eigenvalue weighted by molar-refractivity contribution is 5.99. The number of esters is 1. The van der Waals surface area contributed by atoms with Crippen molar-refractivity contribution in [3.8, 4) is 5.75 Å². The number of hydrogen-bond acceptors (Lipinski definition) is 4. The minimum atomic E-state index is -1.08. The molecule has 0 saturated heterocycles. The van der Waals surface area contributed by atoms with Crippen LogP contribution in [0.3, 0.4) is 0 Å². The van der Waals surface area contributed by atoms with Gasteiger partial charge < -0.3 is 19.1 Å². The monoisotopic (exact) mass is 591 g/mol. The lowest BCUT2D eigenvalue weighted by Gasteiger charge is -2.37. The molecule has 0 bridgehead atoms. The van der Waals surface area contributed by atoms with Crippen molar-refractivity contribution < 1.29 is 24.2 Å². The van der Waals surface area contributed by atoms with E-state index in [0.717, 1.165) is 57.5 Å². The number of aromatic nitrogens is 1. The van der Waals surface area contributed by atoms with Crippen LogP contribution in [0.4, 0.5) is 0 Å². The molecule has 0 amide bonds. The number of benzene rings is 2. The van der Waals surface area contributed by atoms with Gasteiger partial charge in [-0.15, -0.1) is 0 Å². The molecule has 2 fully saturated rings. The Morgan fingerprint density at radius 3 is 2.50 bits per heavy atom. The van der Waals surface area contributed by atoms with Crippen LogP contribution in [0.15, 0.2) is 77.4 Å². The number of allylic oxidation sites excluding steroid dienone is 3. The first-order valence-corrected chi connectivity index (χ1v) is 16.0. The van der Waals surface area contributed by atoms with Crippen LogP contribution in [-0.4, -0.2) is 27.2 Å². The Morgan fingerprint density at radius 2 is 1.80 bits per heavy atom. The Kier molecular flexibility index (Phi) is 6.87. The first-order chi connectivity index (χ1) is 21.1. The standard InChI is InChI=1S/C38H41NO5/c1-37(2,3)44-35(40)32-28-21-39-29(33-26(31(28)32)16-11-19-38(33,4)36(41)42)20-27-30(43-22-23-12-7-5-8-13-23)18-17-25(34(27)39)24-14-9-6-10-15-24/h5,7-8,11-13,16-18,20-21,24,32-33H,6,9-10,14-15,19,22H2,1-4H3,(H,41,42)/t32?,33?,38-/m0/s1. The van der Waals surface area contributed by atoms with E-state index in [-0.39, 0.29) is 5.97 Å². The van der Waals surface area contributed by atoms with Crippen LogP contribution in [0, 0.1) is 11.3 Å². The van der Waals surface area contributed by atoms with Crippen LogP contribution >= 0.6 is 0 Å². The number of aliphatic carboxylic acids is 1. The Hall–Kier alpha value is -4.06. The molecule has 44 heavy (non-hydrogen) atoms. The highest BCUT2D eigenvalue weighted by Gasteiger charge is 2.55. The van der Waals surface area contributed by atoms with Gasteiger partial charge in [0.1, 0.15) is 23.9 Å². The summed E-state index contributed by atoms with van der Waals surface area (Å²) in [4.78, 5) is 26.5. The molecule has 3 aliphatic carbocycles. The molecule has 1 N–H and O–H groups in total. The second-order valence-corrected chi connectivity index (χ2v) is 14.1. The van der Waals surface area contributed by atoms with Gasteiger partial charge in [0.25, 0.3) is 0 Å². The molecular weight excluding hydrogens is 550 g/mol. The second-order valence-electron chi connectivity index (χ2n) is 14.1. The zero-order chi connectivity index (χ0) is 30.8. The number of ether oxygens (including phenoxy) is 2. The summed E-state index contributed by atoms with van der Waals surface area (Å²) in [5.74, 6) is -0.840. The number of hydrogen-bond donors (Lipinski definition) is 1. The van der Waals surface area contributed by atoms with Gasteiger partial charge in [0.2, 0.25) is 0 Å². The number of fused-ring (bicyclic) bond motifs is 6. The summed E-state index contributed by atoms with van der Waals surface area (Å²) in [5, 5.41) is 11.7. The van der Waals surface area contributed by atoms with E-state index in [9.17, 15) is 14.7 Å². The van der Waals surface area contributed by atoms with Gasteiger partial charge >= 0.3 is 11.9 Å². The van der Waals surface area contributed by atoms with Crippen LogP contribution in [0.5, 0.6) is 5.75 Å². The summed E-state index contributed by atoms with van der Waals surface area (Å²) in [5.41, 5.74) is 5.42. The lowest BCUT2D eigenvalue weighted by molar-refractivity contribution is -0.155. The molecule has 6 nitrogen and oxygen atoms in total. The molecule has 228 valence electrons. The van der Waals surface area contributed by atoms with E-state index in [1.54, 1.807) is 0 Å². The van der Waals surface area contributed by atoms with Gasteiger partial charge in [0, 0.05) is 23.2 Å². The van der Waals surface area contributed by atoms with E-state index < -0.39 is 28.8 Å². The largest absolute Gasteiger partial charge is 0.488 e. The maximum atomic E-state index is 13.5. The minimum absolute atomic E-state index is 0.277. The molecule has 1 aromatic heterocycles. The topological polar surface area (TPSA) is 77.8 Å². The number of nitrogens with zero attached hydrogens (tertiary/aromatic N) is 1. The first-order valence-electron chi connectivity index (χ1n) is 16.0. The molecule has 0 spiro atoms. The van der Waals surface area contributed by atoms with Crippen molar-refractivity contribution in [2.45, 2.75) is 90.3 Å². The fraction of sp³-hybridized carbons (Fsp3) is 0.421. The third-order valence-electron chi connectivity index (χ3n) is 9.92. The number of carbonyl (C=O) groups is 2. The van der Waals surface area contributed by atoms with Crippen molar-refractivity contribution in [3.05, 3.63) is 94.2 Å². The third kappa shape index (κ3) is 4.79. The van der Waals surface area contributed by atoms with Crippen molar-refractivity contribution in [3.63, 3.8) is 0 Å². The lowest BCUT2D eigenvalue weighted by atomic mass is 9.66. The van der Waals surface area contributed by atoms with E-state index >= 15 is 0 Å². The molecule has 0 radical (unpaired) electrons. The van der Waals surface area contributed by atoms with Gasteiger partial charge in [-0.05, 0) is 92.9 Å². The van der Waals surface area contributed by atoms with Crippen molar-refractivity contribution in [1.82, 2.24) is 4.57 Å². The molecule has 2 unspecified atom stereocenters. The summed E-state index contributed by atoms with van der Waals surface area (Å²) in [6.45, 7) is 7.92. The smallest absolute Gasteiger partial charge is 0.318 e. The summed E-state index contributed by atoms with van der Waals surface area (Å²) < 4.78 is 14.6. The van der Waals surface area contributed by atoms with Gasteiger partial charge in [-0.25, -0.2) is 0 Å². The number of carboxylic acids is 1. The van der Waals surface area contributed by atoms with Crippen molar-refractivity contribution in [2.24, 2.45) is 11.3 Å². The maximum absolute atomic E-state index is 13.5. The zero-order valence-corrected chi connectivity index (χ0v) is 26.1. The Labute approximate surface area is 259 Å². The normalized spacial score (nSPS) is 24.6. The number of carboxylic acid groups (broad SMARTS) is 1.